The van der Waals surface area contributed by atoms with Crippen LogP contribution in [-0.2, 0) is 9.59 Å². The zero-order valence-electron chi connectivity index (χ0n) is 8.83. The lowest BCUT2D eigenvalue weighted by molar-refractivity contribution is -0.123. The van der Waals surface area contributed by atoms with E-state index in [4.69, 9.17) is 17.3 Å². The minimum atomic E-state index is -0.501. The maximum atomic E-state index is 11.3. The third kappa shape index (κ3) is 3.70. The van der Waals surface area contributed by atoms with Crippen molar-refractivity contribution in [2.24, 2.45) is 11.7 Å². The van der Waals surface area contributed by atoms with E-state index in [1.54, 1.807) is 6.92 Å². The van der Waals surface area contributed by atoms with Crippen LogP contribution in [-0.4, -0.2) is 23.2 Å². The number of nitrogens with two attached hydrogens (primary N) is 1. The lowest BCUT2D eigenvalue weighted by Crippen LogP contribution is -2.42. The van der Waals surface area contributed by atoms with E-state index in [2.05, 4.69) is 5.32 Å². The van der Waals surface area contributed by atoms with Gasteiger partial charge in [0.05, 0.1) is 0 Å². The van der Waals surface area contributed by atoms with Crippen LogP contribution in [0.15, 0.2) is 0 Å². The van der Waals surface area contributed by atoms with E-state index in [-0.39, 0.29) is 23.8 Å². The number of alkyl halides is 1. The normalized spacial score (nSPS) is 28.1. The minimum Gasteiger partial charge on any atom is -0.369 e. The summed E-state index contributed by atoms with van der Waals surface area (Å²) < 4.78 is 0. The molecule has 0 saturated heterocycles. The fraction of sp³-hybridized carbons (Fsp3) is 0.800. The smallest absolute Gasteiger partial charge is 0.237 e. The molecule has 0 heterocycles. The third-order valence-electron chi connectivity index (χ3n) is 2.84. The van der Waals surface area contributed by atoms with Crippen LogP contribution in [0.4, 0.5) is 0 Å². The third-order valence-corrected chi connectivity index (χ3v) is 3.04. The molecule has 15 heavy (non-hydrogen) atoms. The zero-order chi connectivity index (χ0) is 11.4. The van der Waals surface area contributed by atoms with Crippen molar-refractivity contribution in [3.63, 3.8) is 0 Å². The van der Waals surface area contributed by atoms with Gasteiger partial charge in [0.1, 0.15) is 5.38 Å². The van der Waals surface area contributed by atoms with Gasteiger partial charge in [-0.15, -0.1) is 11.6 Å². The first-order valence-corrected chi connectivity index (χ1v) is 5.68. The van der Waals surface area contributed by atoms with E-state index in [9.17, 15) is 9.59 Å². The average molecular weight is 233 g/mol. The Morgan fingerprint density at radius 2 is 1.87 bits per heavy atom. The molecule has 4 nitrogen and oxygen atoms in total. The molecule has 0 bridgehead atoms. The van der Waals surface area contributed by atoms with Crippen LogP contribution >= 0.6 is 11.6 Å². The molecule has 1 atom stereocenters. The molecule has 1 aliphatic carbocycles. The quantitative estimate of drug-likeness (QED) is 0.706. The monoisotopic (exact) mass is 232 g/mol. The number of rotatable bonds is 3. The van der Waals surface area contributed by atoms with Crippen molar-refractivity contribution in [3.8, 4) is 0 Å². The van der Waals surface area contributed by atoms with Crippen molar-refractivity contribution in [1.82, 2.24) is 5.32 Å². The standard InChI is InChI=1S/C10H17ClN2O2/c1-6(11)10(15)13-8-4-2-7(3-5-8)9(12)14/h6-8H,2-5H2,1H3,(H2,12,14)(H,13,15). The summed E-state index contributed by atoms with van der Waals surface area (Å²) in [6, 6.07) is 0.147. The van der Waals surface area contributed by atoms with Crippen molar-refractivity contribution in [3.05, 3.63) is 0 Å². The molecule has 5 heteroatoms. The lowest BCUT2D eigenvalue weighted by Gasteiger charge is -2.27. The summed E-state index contributed by atoms with van der Waals surface area (Å²) in [7, 11) is 0. The summed E-state index contributed by atoms with van der Waals surface area (Å²) in [5, 5.41) is 2.35. The molecule has 0 aromatic heterocycles. The molecule has 1 fully saturated rings. The Labute approximate surface area is 94.5 Å². The summed E-state index contributed by atoms with van der Waals surface area (Å²) in [5.41, 5.74) is 5.21. The van der Waals surface area contributed by atoms with Crippen molar-refractivity contribution in [2.45, 2.75) is 44.0 Å². The highest BCUT2D eigenvalue weighted by Gasteiger charge is 2.26. The van der Waals surface area contributed by atoms with Gasteiger partial charge in [0.25, 0.3) is 0 Å². The predicted octanol–water partition coefficient (Wildman–Crippen LogP) is 0.774. The topological polar surface area (TPSA) is 72.2 Å². The minimum absolute atomic E-state index is 0.0217. The lowest BCUT2D eigenvalue weighted by atomic mass is 9.85. The van der Waals surface area contributed by atoms with Gasteiger partial charge in [0.2, 0.25) is 11.8 Å². The Morgan fingerprint density at radius 1 is 1.33 bits per heavy atom. The Morgan fingerprint density at radius 3 is 2.27 bits per heavy atom. The van der Waals surface area contributed by atoms with Crippen LogP contribution in [0.25, 0.3) is 0 Å². The number of hydrogen-bond donors (Lipinski definition) is 2. The highest BCUT2D eigenvalue weighted by Crippen LogP contribution is 2.23. The summed E-state index contributed by atoms with van der Waals surface area (Å²) in [4.78, 5) is 22.2. The van der Waals surface area contributed by atoms with Crippen molar-refractivity contribution < 1.29 is 9.59 Å². The first-order valence-electron chi connectivity index (χ1n) is 5.24. The predicted molar refractivity (Wildman–Crippen MR) is 58.4 cm³/mol. The van der Waals surface area contributed by atoms with E-state index in [0.29, 0.717) is 0 Å². The largest absolute Gasteiger partial charge is 0.369 e. The Balaban J connectivity index is 2.32. The van der Waals surface area contributed by atoms with E-state index >= 15 is 0 Å². The van der Waals surface area contributed by atoms with E-state index in [0.717, 1.165) is 25.7 Å². The molecular weight excluding hydrogens is 216 g/mol. The molecule has 1 aliphatic rings. The summed E-state index contributed by atoms with van der Waals surface area (Å²) in [6.07, 6.45) is 3.14. The van der Waals surface area contributed by atoms with Gasteiger partial charge in [-0.05, 0) is 32.6 Å². The molecule has 0 aromatic carbocycles. The fourth-order valence-corrected chi connectivity index (χ4v) is 1.90. The number of hydrogen-bond acceptors (Lipinski definition) is 2. The van der Waals surface area contributed by atoms with Gasteiger partial charge in [-0.2, -0.15) is 0 Å². The van der Waals surface area contributed by atoms with Crippen LogP contribution in [0.1, 0.15) is 32.6 Å². The maximum Gasteiger partial charge on any atom is 0.237 e. The molecule has 0 spiro atoms. The average Bonchev–Trinajstić information content (AvgIpc) is 2.18. The van der Waals surface area contributed by atoms with Crippen LogP contribution in [0.5, 0.6) is 0 Å². The molecule has 1 saturated carbocycles. The number of carbonyl (C=O) groups excluding carboxylic acids is 2. The van der Waals surface area contributed by atoms with E-state index < -0.39 is 5.38 Å². The second-order valence-corrected chi connectivity index (χ2v) is 4.73. The van der Waals surface area contributed by atoms with Crippen molar-refractivity contribution in [2.75, 3.05) is 0 Å². The maximum absolute atomic E-state index is 11.3. The highest BCUT2D eigenvalue weighted by molar-refractivity contribution is 6.30. The molecule has 2 amide bonds. The van der Waals surface area contributed by atoms with Crippen LogP contribution in [0.3, 0.4) is 0 Å². The van der Waals surface area contributed by atoms with Gasteiger partial charge in [-0.1, -0.05) is 0 Å². The van der Waals surface area contributed by atoms with Gasteiger partial charge in [-0.3, -0.25) is 9.59 Å². The number of halogens is 1. The molecule has 3 N–H and O–H groups in total. The van der Waals surface area contributed by atoms with Crippen molar-refractivity contribution >= 4 is 23.4 Å². The van der Waals surface area contributed by atoms with Gasteiger partial charge in [-0.25, -0.2) is 0 Å². The number of carbonyl (C=O) groups is 2. The van der Waals surface area contributed by atoms with E-state index in [1.807, 2.05) is 0 Å². The second kappa shape index (κ2) is 5.35. The van der Waals surface area contributed by atoms with Crippen LogP contribution < -0.4 is 11.1 Å². The van der Waals surface area contributed by atoms with E-state index in [1.165, 1.54) is 0 Å². The Kier molecular flexibility index (Phi) is 4.39. The summed E-state index contributed by atoms with van der Waals surface area (Å²) >= 11 is 5.64. The molecular formula is C10H17ClN2O2. The first kappa shape index (κ1) is 12.3. The molecule has 1 rings (SSSR count). The SMILES string of the molecule is CC(Cl)C(=O)NC1CCC(C(N)=O)CC1. The number of nitrogens with one attached hydrogen (secondary N) is 1. The molecule has 1 unspecified atom stereocenters. The fourth-order valence-electron chi connectivity index (χ4n) is 1.84. The summed E-state index contributed by atoms with van der Waals surface area (Å²) in [5.74, 6) is -0.392. The molecule has 0 aromatic rings. The molecule has 0 aliphatic heterocycles. The zero-order valence-corrected chi connectivity index (χ0v) is 9.59. The molecule has 0 radical (unpaired) electrons. The van der Waals surface area contributed by atoms with Gasteiger partial charge >= 0.3 is 0 Å². The number of amides is 2. The van der Waals surface area contributed by atoms with Gasteiger partial charge in [0.15, 0.2) is 0 Å². The highest BCUT2D eigenvalue weighted by atomic mass is 35.5. The van der Waals surface area contributed by atoms with Gasteiger partial charge < -0.3 is 11.1 Å². The Bertz CT molecular complexity index is 248. The summed E-state index contributed by atoms with van der Waals surface area (Å²) in [6.45, 7) is 1.64. The number of primary amides is 1. The Hall–Kier alpha value is -0.770. The molecule has 86 valence electrons. The first-order chi connectivity index (χ1) is 7.00. The second-order valence-electron chi connectivity index (χ2n) is 4.08. The van der Waals surface area contributed by atoms with Crippen LogP contribution in [0.2, 0.25) is 0 Å². The van der Waals surface area contributed by atoms with Crippen LogP contribution in [0, 0.1) is 5.92 Å². The van der Waals surface area contributed by atoms with Gasteiger partial charge in [0, 0.05) is 12.0 Å². The van der Waals surface area contributed by atoms with Crippen molar-refractivity contribution in [1.29, 1.82) is 0 Å².